The van der Waals surface area contributed by atoms with Gasteiger partial charge in [0.25, 0.3) is 5.91 Å². The van der Waals surface area contributed by atoms with E-state index in [1.54, 1.807) is 16.8 Å². The maximum atomic E-state index is 13.0. The number of hydrogen-bond acceptors (Lipinski definition) is 4. The smallest absolute Gasteiger partial charge is 0.256 e. The van der Waals surface area contributed by atoms with Crippen LogP contribution < -0.4 is 10.0 Å². The zero-order valence-corrected chi connectivity index (χ0v) is 20.8. The van der Waals surface area contributed by atoms with Crippen LogP contribution in [0.4, 0.5) is 5.82 Å². The fourth-order valence-electron chi connectivity index (χ4n) is 3.20. The Morgan fingerprint density at radius 3 is 2.21 bits per heavy atom. The van der Waals surface area contributed by atoms with Gasteiger partial charge in [-0.3, -0.25) is 4.79 Å². The maximum absolute atomic E-state index is 13.0. The Kier molecular flexibility index (Phi) is 6.81. The van der Waals surface area contributed by atoms with Crippen LogP contribution >= 0.6 is 0 Å². The van der Waals surface area contributed by atoms with Gasteiger partial charge in [-0.05, 0) is 44.5 Å². The summed E-state index contributed by atoms with van der Waals surface area (Å²) in [6.45, 7) is 12.4. The van der Waals surface area contributed by atoms with Crippen molar-refractivity contribution in [3.8, 4) is 0 Å². The van der Waals surface area contributed by atoms with E-state index in [1.165, 1.54) is 12.1 Å². The van der Waals surface area contributed by atoms with Crippen LogP contribution in [0, 0.1) is 0 Å². The summed E-state index contributed by atoms with van der Waals surface area (Å²) in [5.41, 5.74) is 1.42. The highest BCUT2D eigenvalue weighted by molar-refractivity contribution is 7.89. The van der Waals surface area contributed by atoms with E-state index in [0.29, 0.717) is 5.82 Å². The molecule has 0 unspecified atom stereocenters. The zero-order chi connectivity index (χ0) is 24.4. The van der Waals surface area contributed by atoms with Crippen LogP contribution in [-0.2, 0) is 27.5 Å². The molecule has 3 aromatic rings. The summed E-state index contributed by atoms with van der Waals surface area (Å²) in [5, 5.41) is 7.61. The molecular formula is C25H32N4O3S. The first-order valence-corrected chi connectivity index (χ1v) is 12.3. The lowest BCUT2D eigenvalue weighted by Gasteiger charge is -2.23. The number of carbonyl (C=O) groups is 1. The van der Waals surface area contributed by atoms with E-state index >= 15 is 0 Å². The van der Waals surface area contributed by atoms with Crippen molar-refractivity contribution in [2.75, 3.05) is 5.32 Å². The van der Waals surface area contributed by atoms with Crippen LogP contribution in [0.3, 0.4) is 0 Å². The minimum Gasteiger partial charge on any atom is -0.307 e. The highest BCUT2D eigenvalue weighted by atomic mass is 32.2. The number of nitrogens with zero attached hydrogens (tertiary/aromatic N) is 2. The molecule has 0 saturated carbocycles. The fraction of sp³-hybridized carbons (Fsp3) is 0.360. The summed E-state index contributed by atoms with van der Waals surface area (Å²) in [7, 11) is -3.78. The lowest BCUT2D eigenvalue weighted by Crippen LogP contribution is -2.27. The molecule has 33 heavy (non-hydrogen) atoms. The van der Waals surface area contributed by atoms with Crippen molar-refractivity contribution in [1.82, 2.24) is 14.5 Å². The van der Waals surface area contributed by atoms with Crippen molar-refractivity contribution in [2.24, 2.45) is 0 Å². The van der Waals surface area contributed by atoms with Gasteiger partial charge in [0.1, 0.15) is 5.82 Å². The van der Waals surface area contributed by atoms with E-state index in [4.69, 9.17) is 5.10 Å². The molecule has 0 aliphatic carbocycles. The van der Waals surface area contributed by atoms with Crippen LogP contribution in [0.5, 0.6) is 0 Å². The second-order valence-corrected chi connectivity index (χ2v) is 11.8. The predicted molar refractivity (Wildman–Crippen MR) is 131 cm³/mol. The SMILES string of the molecule is CC(C)(C)c1cc(NC(=O)c2cccc(S(=O)(=O)NCc3ccccc3)c2)n(C(C)(C)C)n1. The molecule has 1 heterocycles. The Morgan fingerprint density at radius 2 is 1.61 bits per heavy atom. The first-order chi connectivity index (χ1) is 15.3. The van der Waals surface area contributed by atoms with E-state index in [0.717, 1.165) is 11.3 Å². The van der Waals surface area contributed by atoms with Gasteiger partial charge in [-0.1, -0.05) is 57.2 Å². The van der Waals surface area contributed by atoms with Crippen molar-refractivity contribution < 1.29 is 13.2 Å². The van der Waals surface area contributed by atoms with Crippen molar-refractivity contribution in [3.63, 3.8) is 0 Å². The normalized spacial score (nSPS) is 12.5. The molecule has 0 aliphatic rings. The molecular weight excluding hydrogens is 436 g/mol. The molecule has 0 spiro atoms. The molecule has 0 radical (unpaired) electrons. The molecule has 0 bridgehead atoms. The van der Waals surface area contributed by atoms with Gasteiger partial charge in [-0.15, -0.1) is 0 Å². The number of anilines is 1. The molecule has 1 aromatic heterocycles. The van der Waals surface area contributed by atoms with Crippen molar-refractivity contribution in [1.29, 1.82) is 0 Å². The van der Waals surface area contributed by atoms with E-state index in [1.807, 2.05) is 57.2 Å². The number of amides is 1. The minimum atomic E-state index is -3.78. The number of sulfonamides is 1. The number of nitrogens with one attached hydrogen (secondary N) is 2. The Morgan fingerprint density at radius 1 is 0.939 bits per heavy atom. The number of rotatable bonds is 6. The topological polar surface area (TPSA) is 93.1 Å². The quantitative estimate of drug-likeness (QED) is 0.550. The third kappa shape index (κ3) is 6.09. The van der Waals surface area contributed by atoms with E-state index in [-0.39, 0.29) is 28.0 Å². The largest absolute Gasteiger partial charge is 0.307 e. The van der Waals surface area contributed by atoms with Gasteiger partial charge >= 0.3 is 0 Å². The van der Waals surface area contributed by atoms with Gasteiger partial charge in [-0.2, -0.15) is 5.10 Å². The lowest BCUT2D eigenvalue weighted by atomic mass is 9.92. The van der Waals surface area contributed by atoms with Crippen LogP contribution in [0.1, 0.15) is 63.2 Å². The summed E-state index contributed by atoms with van der Waals surface area (Å²) in [4.78, 5) is 13.1. The van der Waals surface area contributed by atoms with Gasteiger partial charge in [0.2, 0.25) is 10.0 Å². The van der Waals surface area contributed by atoms with Gasteiger partial charge in [0.15, 0.2) is 0 Å². The second-order valence-electron chi connectivity index (χ2n) is 10.0. The van der Waals surface area contributed by atoms with Crippen LogP contribution in [0.25, 0.3) is 0 Å². The second kappa shape index (κ2) is 9.11. The fourth-order valence-corrected chi connectivity index (χ4v) is 4.26. The van der Waals surface area contributed by atoms with Crippen molar-refractivity contribution in [3.05, 3.63) is 77.5 Å². The number of carbonyl (C=O) groups excluding carboxylic acids is 1. The standard InChI is InChI=1S/C25H32N4O3S/c1-24(2,3)21-16-22(29(28-21)25(4,5)6)27-23(30)19-13-10-14-20(15-19)33(31,32)26-17-18-11-8-7-9-12-18/h7-16,26H,17H2,1-6H3,(H,27,30). The number of aromatic nitrogens is 2. The Bertz CT molecular complexity index is 1230. The lowest BCUT2D eigenvalue weighted by molar-refractivity contribution is 0.102. The van der Waals surface area contributed by atoms with Crippen LogP contribution in [-0.4, -0.2) is 24.1 Å². The molecule has 0 saturated heterocycles. The molecule has 0 aliphatic heterocycles. The molecule has 2 aromatic carbocycles. The molecule has 2 N–H and O–H groups in total. The summed E-state index contributed by atoms with van der Waals surface area (Å²) in [5.74, 6) is 0.161. The molecule has 1 amide bonds. The van der Waals surface area contributed by atoms with E-state index < -0.39 is 15.9 Å². The van der Waals surface area contributed by atoms with Gasteiger partial charge < -0.3 is 5.32 Å². The third-order valence-electron chi connectivity index (χ3n) is 5.07. The highest BCUT2D eigenvalue weighted by Gasteiger charge is 2.26. The first kappa shape index (κ1) is 24.7. The molecule has 8 heteroatoms. The predicted octanol–water partition coefficient (Wildman–Crippen LogP) is 4.67. The Hall–Kier alpha value is -2.97. The van der Waals surface area contributed by atoms with Crippen LogP contribution in [0.15, 0.2) is 65.6 Å². The third-order valence-corrected chi connectivity index (χ3v) is 6.47. The number of benzene rings is 2. The average molecular weight is 469 g/mol. The number of hydrogen-bond donors (Lipinski definition) is 2. The van der Waals surface area contributed by atoms with Crippen molar-refractivity contribution in [2.45, 2.75) is 63.9 Å². The van der Waals surface area contributed by atoms with Crippen LogP contribution in [0.2, 0.25) is 0 Å². The van der Waals surface area contributed by atoms with E-state index in [2.05, 4.69) is 30.8 Å². The Labute approximate surface area is 196 Å². The minimum absolute atomic E-state index is 0.0331. The summed E-state index contributed by atoms with van der Waals surface area (Å²) < 4.78 is 29.9. The summed E-state index contributed by atoms with van der Waals surface area (Å²) in [6.07, 6.45) is 0. The molecule has 0 fully saturated rings. The average Bonchev–Trinajstić information content (AvgIpc) is 3.18. The van der Waals surface area contributed by atoms with Gasteiger partial charge in [-0.25, -0.2) is 17.8 Å². The first-order valence-electron chi connectivity index (χ1n) is 10.8. The molecule has 176 valence electrons. The monoisotopic (exact) mass is 468 g/mol. The Balaban J connectivity index is 1.83. The van der Waals surface area contributed by atoms with Crippen molar-refractivity contribution >= 4 is 21.7 Å². The maximum Gasteiger partial charge on any atom is 0.256 e. The zero-order valence-electron chi connectivity index (χ0n) is 20.0. The summed E-state index contributed by atoms with van der Waals surface area (Å²) in [6, 6.07) is 17.1. The molecule has 7 nitrogen and oxygen atoms in total. The highest BCUT2D eigenvalue weighted by Crippen LogP contribution is 2.28. The van der Waals surface area contributed by atoms with E-state index in [9.17, 15) is 13.2 Å². The molecule has 0 atom stereocenters. The molecule has 3 rings (SSSR count). The summed E-state index contributed by atoms with van der Waals surface area (Å²) >= 11 is 0. The van der Waals surface area contributed by atoms with Gasteiger partial charge in [0.05, 0.1) is 16.1 Å². The van der Waals surface area contributed by atoms with Gasteiger partial charge in [0, 0.05) is 23.6 Å².